The predicted molar refractivity (Wildman–Crippen MR) is 273 cm³/mol. The molecule has 0 saturated carbocycles. The Kier molecular flexibility index (Phi) is 14.6. The van der Waals surface area contributed by atoms with Crippen LogP contribution in [0.4, 0.5) is 17.6 Å². The monoisotopic (exact) mass is 1150 g/mol. The van der Waals surface area contributed by atoms with E-state index in [2.05, 4.69) is 27.6 Å². The number of likely N-dealkylation sites (tertiary alicyclic amines) is 1. The molecule has 6 heterocycles. The van der Waals surface area contributed by atoms with Crippen molar-refractivity contribution >= 4 is 68.7 Å². The number of oxazole rings is 1. The van der Waals surface area contributed by atoms with Crippen LogP contribution in [0, 0.1) is 29.1 Å². The van der Waals surface area contributed by atoms with Crippen LogP contribution in [0.2, 0.25) is 0 Å². The molecule has 6 bridgehead atoms. The largest absolute Gasteiger partial charge is 0.464 e. The summed E-state index contributed by atoms with van der Waals surface area (Å²) in [5.74, 6) is 1.60. The molecular weight excluding hydrogens is 1080 g/mol. The number of cyclic esters (lactones) is 1. The van der Waals surface area contributed by atoms with Gasteiger partial charge in [0.2, 0.25) is 5.54 Å². The van der Waals surface area contributed by atoms with Gasteiger partial charge in [-0.15, -0.1) is 0 Å². The van der Waals surface area contributed by atoms with Crippen molar-refractivity contribution in [3.8, 4) is 23.2 Å². The summed E-state index contributed by atoms with van der Waals surface area (Å²) in [7, 11) is 6.83. The molecule has 7 atom stereocenters. The number of allylic oxidation sites excluding steroid dienone is 2. The number of carbonyl (C=O) groups excluding carboxylic acids is 5. The number of nitrogens with two attached hydrogens (primary N) is 1. The molecule has 1 aliphatic carbocycles. The molecule has 3 fully saturated rings. The number of rotatable bonds is 8. The maximum absolute atomic E-state index is 15.1. The zero-order valence-corrected chi connectivity index (χ0v) is 45.5. The Morgan fingerprint density at radius 2 is 1.88 bits per heavy atom. The van der Waals surface area contributed by atoms with Gasteiger partial charge in [0.05, 0.1) is 49.8 Å². The molecule has 22 heteroatoms. The topological polar surface area (TPSA) is 195 Å². The molecule has 5 aliphatic rings. The number of fused-ring (bicyclic) bond motifs is 6. The highest BCUT2D eigenvalue weighted by atomic mass is 127. The van der Waals surface area contributed by atoms with Gasteiger partial charge in [0.1, 0.15) is 18.7 Å². The lowest BCUT2D eigenvalue weighted by Crippen LogP contribution is -2.66. The van der Waals surface area contributed by atoms with Gasteiger partial charge in [-0.2, -0.15) is 13.2 Å². The molecule has 74 heavy (non-hydrogen) atoms. The van der Waals surface area contributed by atoms with Crippen molar-refractivity contribution in [2.24, 2.45) is 23.0 Å². The molecule has 0 spiro atoms. The first-order valence-electron chi connectivity index (χ1n) is 24.7. The first-order chi connectivity index (χ1) is 34.5. The number of nitrogens with zero attached hydrogens (tertiary/aromatic N) is 6. The second-order valence-electron chi connectivity index (χ2n) is 22.1. The van der Waals surface area contributed by atoms with Crippen molar-refractivity contribution in [2.75, 3.05) is 61.0 Å². The van der Waals surface area contributed by atoms with E-state index in [0.717, 1.165) is 10.6 Å². The van der Waals surface area contributed by atoms with E-state index in [4.69, 9.17) is 19.6 Å². The summed E-state index contributed by atoms with van der Waals surface area (Å²) in [6, 6.07) is 3.67. The fourth-order valence-corrected chi connectivity index (χ4v) is 12.2. The number of methoxy groups -OCH3 is 1. The molecule has 2 unspecified atom stereocenters. The lowest BCUT2D eigenvalue weighted by Gasteiger charge is -2.43. The van der Waals surface area contributed by atoms with Crippen LogP contribution in [-0.4, -0.2) is 152 Å². The zero-order chi connectivity index (χ0) is 54.2. The Bertz CT molecular complexity index is 2920. The van der Waals surface area contributed by atoms with Gasteiger partial charge < -0.3 is 34.4 Å². The number of quaternary nitrogens is 1. The molecule has 17 nitrogen and oxygen atoms in total. The minimum Gasteiger partial charge on any atom is -0.464 e. The minimum atomic E-state index is -4.72. The molecule has 0 radical (unpaired) electrons. The van der Waals surface area contributed by atoms with Crippen molar-refractivity contribution in [1.29, 1.82) is 0 Å². The third-order valence-electron chi connectivity index (χ3n) is 16.0. The number of alkyl halides is 4. The molecule has 4 N–H and O–H groups in total. The standard InChI is InChI=1S/C52H64F4IN9O8/c1-29(2)50(27-66(50,9)44(68)31-17-21-63(25-31)38(67)15-18-49(5,6)62(7)8)46(70)60-51(57)23-37-59-24-36(74-37)30-13-14-35-33(22-30)39-40(48(3,4)28-73-45(69)34-12-11-20-65(61-34)47(51)71)43(72-10)41(58)32(16-19-53)42(39)64(35)26-52(54,55)56/h13-14,16,19,22,24,29,31,34,40,43,61H,11-12,17,20-21,23,25-28,58H2,1-10H3/p+1/b19-16-/t31-,34-,40?,43-,50-,51-,66?/m0/s1. The van der Waals surface area contributed by atoms with Gasteiger partial charge in [0, 0.05) is 71.7 Å². The van der Waals surface area contributed by atoms with Crippen molar-refractivity contribution in [3.63, 3.8) is 0 Å². The highest BCUT2D eigenvalue weighted by Gasteiger charge is 2.78. The van der Waals surface area contributed by atoms with Gasteiger partial charge in [0.15, 0.2) is 21.7 Å². The predicted octanol–water partition coefficient (Wildman–Crippen LogP) is 5.57. The second kappa shape index (κ2) is 19.7. The smallest absolute Gasteiger partial charge is 0.406 e. The molecule has 2 aromatic heterocycles. The number of likely N-dealkylation sites (N-methyl/N-ethyl adjacent to an activating group) is 1. The van der Waals surface area contributed by atoms with E-state index in [1.54, 1.807) is 37.9 Å². The van der Waals surface area contributed by atoms with Crippen LogP contribution in [-0.2, 0) is 46.4 Å². The van der Waals surface area contributed by atoms with E-state index in [1.807, 2.05) is 69.3 Å². The van der Waals surface area contributed by atoms with E-state index >= 15 is 9.59 Å². The molecule has 3 saturated heterocycles. The number of esters is 1. The van der Waals surface area contributed by atoms with Crippen LogP contribution < -0.4 is 16.5 Å². The van der Waals surface area contributed by atoms with Crippen LogP contribution in [0.15, 0.2) is 46.9 Å². The second-order valence-corrected chi connectivity index (χ2v) is 24.0. The lowest BCUT2D eigenvalue weighted by atomic mass is 9.67. The SMILES string of the molecule is CO[C@@H]1C(N)=C(/C=C\F)c2c3c4cc(ccc4n2CC(F)(F)F)-c2cnc(o2)C[C@](I)(NC(=O)[C@@]2(C(C)C)C[N+]2(C)C(=O)[C@H]2CCN(C(=O)C#CC(C)(C)N(C)C)C2)C(=O)N2CCC[C@H](N2)C(=O)OCC(C)(C)C31. The number of nitrogens with one attached hydrogen (secondary N) is 2. The first-order valence-corrected chi connectivity index (χ1v) is 25.8. The van der Waals surface area contributed by atoms with Crippen molar-refractivity contribution in [2.45, 2.75) is 113 Å². The van der Waals surface area contributed by atoms with Crippen LogP contribution in [0.3, 0.4) is 0 Å². The third-order valence-corrected chi connectivity index (χ3v) is 17.1. The number of hydrogen-bond donors (Lipinski definition) is 3. The molecule has 3 aromatic rings. The minimum absolute atomic E-state index is 0.00193. The fraction of sp³-hybridized carbons (Fsp3) is 0.577. The Labute approximate surface area is 441 Å². The number of halogens is 5. The summed E-state index contributed by atoms with van der Waals surface area (Å²) < 4.78 is 75.3. The van der Waals surface area contributed by atoms with Crippen molar-refractivity contribution in [1.82, 2.24) is 35.1 Å². The van der Waals surface area contributed by atoms with Gasteiger partial charge in [-0.25, -0.2) is 24.1 Å². The Morgan fingerprint density at radius 1 is 1.16 bits per heavy atom. The quantitative estimate of drug-likeness (QED) is 0.0372. The Morgan fingerprint density at radius 3 is 2.53 bits per heavy atom. The summed E-state index contributed by atoms with van der Waals surface area (Å²) in [6.45, 7) is 10.0. The number of aromatic nitrogens is 2. The highest BCUT2D eigenvalue weighted by molar-refractivity contribution is 14.1. The molecule has 4 amide bonds. The summed E-state index contributed by atoms with van der Waals surface area (Å²) in [5.41, 5.74) is 7.67. The van der Waals surface area contributed by atoms with Gasteiger partial charge in [0.25, 0.3) is 17.7 Å². The number of benzene rings is 1. The summed E-state index contributed by atoms with van der Waals surface area (Å²) in [6.07, 6.45) is -2.41. The average Bonchev–Trinajstić information content (AvgIpc) is 3.72. The molecular formula is C52H65F4IN9O8+. The van der Waals surface area contributed by atoms with Crippen LogP contribution in [0.1, 0.15) is 83.9 Å². The Balaban J connectivity index is 1.18. The van der Waals surface area contributed by atoms with E-state index in [9.17, 15) is 31.9 Å². The summed E-state index contributed by atoms with van der Waals surface area (Å²) in [5, 5.41) is 4.64. The van der Waals surface area contributed by atoms with Crippen molar-refractivity contribution < 1.29 is 59.9 Å². The van der Waals surface area contributed by atoms with E-state index in [1.165, 1.54) is 24.4 Å². The number of carbonyl (C=O) groups is 5. The Hall–Kier alpha value is -5.35. The van der Waals surface area contributed by atoms with E-state index in [0.29, 0.717) is 35.9 Å². The molecule has 4 aliphatic heterocycles. The third kappa shape index (κ3) is 9.64. The van der Waals surface area contributed by atoms with Gasteiger partial charge >= 0.3 is 18.1 Å². The van der Waals surface area contributed by atoms with Gasteiger partial charge in [-0.3, -0.25) is 29.1 Å². The number of hydrazine groups is 1. The van der Waals surface area contributed by atoms with Crippen LogP contribution in [0.25, 0.3) is 27.8 Å². The average molecular weight is 1150 g/mol. The number of amides is 4. The first kappa shape index (κ1) is 54.9. The number of ether oxygens (including phenoxy) is 2. The summed E-state index contributed by atoms with van der Waals surface area (Å²) >= 11 is 1.86. The maximum atomic E-state index is 15.1. The van der Waals surface area contributed by atoms with E-state index < -0.39 is 80.4 Å². The van der Waals surface area contributed by atoms with Crippen LogP contribution in [0.5, 0.6) is 0 Å². The highest BCUT2D eigenvalue weighted by Crippen LogP contribution is 2.53. The van der Waals surface area contributed by atoms with Gasteiger partial charge in [-0.1, -0.05) is 33.6 Å². The van der Waals surface area contributed by atoms with Crippen molar-refractivity contribution in [3.05, 3.63) is 59.6 Å². The molecule has 1 aromatic carbocycles. The van der Waals surface area contributed by atoms with E-state index in [-0.39, 0.29) is 95.8 Å². The fourth-order valence-electron chi connectivity index (χ4n) is 11.3. The van der Waals surface area contributed by atoms with Crippen LogP contribution >= 0.6 is 22.6 Å². The number of hydrogen-bond acceptors (Lipinski definition) is 12. The molecule has 8 rings (SSSR count). The normalized spacial score (nSPS) is 28.4. The molecule has 400 valence electrons. The zero-order valence-electron chi connectivity index (χ0n) is 43.3. The van der Waals surface area contributed by atoms with Gasteiger partial charge in [-0.05, 0) is 106 Å². The maximum Gasteiger partial charge on any atom is 0.406 e. The summed E-state index contributed by atoms with van der Waals surface area (Å²) in [4.78, 5) is 80.2. The lowest BCUT2D eigenvalue weighted by molar-refractivity contribution is -0.727.